The Morgan fingerprint density at radius 3 is 2.73 bits per heavy atom. The number of likely N-dealkylation sites (tertiary alicyclic amines) is 1. The van der Waals surface area contributed by atoms with Crippen LogP contribution in [0.5, 0.6) is 0 Å². The number of rotatable bonds is 1. The molecule has 64 valence electrons. The van der Waals surface area contributed by atoms with Crippen LogP contribution in [-0.4, -0.2) is 43.3 Å². The summed E-state index contributed by atoms with van der Waals surface area (Å²) in [4.78, 5) is 2.47. The Labute approximate surface area is 67.5 Å². The van der Waals surface area contributed by atoms with E-state index in [0.29, 0.717) is 12.1 Å². The topological polar surface area (TPSA) is 38.5 Å². The highest BCUT2D eigenvalue weighted by Crippen LogP contribution is 2.16. The van der Waals surface area contributed by atoms with Crippen molar-refractivity contribution in [3.05, 3.63) is 0 Å². The van der Waals surface area contributed by atoms with Gasteiger partial charge in [-0.05, 0) is 19.4 Å². The summed E-state index contributed by atoms with van der Waals surface area (Å²) in [6.45, 7) is 4.15. The molecule has 2 rings (SSSR count). The van der Waals surface area contributed by atoms with E-state index in [9.17, 15) is 0 Å². The van der Waals surface area contributed by atoms with Gasteiger partial charge in [-0.2, -0.15) is 0 Å². The van der Waals surface area contributed by atoms with Gasteiger partial charge in [-0.3, -0.25) is 4.90 Å². The second-order valence-corrected chi connectivity index (χ2v) is 3.59. The highest BCUT2D eigenvalue weighted by molar-refractivity contribution is 4.83. The lowest BCUT2D eigenvalue weighted by Crippen LogP contribution is -2.55. The first kappa shape index (κ1) is 7.53. The van der Waals surface area contributed by atoms with Gasteiger partial charge in [-0.15, -0.1) is 0 Å². The quantitative estimate of drug-likeness (QED) is 0.572. The Morgan fingerprint density at radius 1 is 1.36 bits per heavy atom. The molecule has 3 heteroatoms. The largest absolute Gasteiger partial charge is 0.378 e. The molecule has 0 aromatic carbocycles. The van der Waals surface area contributed by atoms with Crippen LogP contribution in [-0.2, 0) is 4.74 Å². The van der Waals surface area contributed by atoms with Crippen LogP contribution in [0.15, 0.2) is 0 Å². The predicted octanol–water partition coefficient (Wildman–Crippen LogP) is -0.192. The molecule has 3 nitrogen and oxygen atoms in total. The average Bonchev–Trinajstić information content (AvgIpc) is 1.83. The van der Waals surface area contributed by atoms with Crippen molar-refractivity contribution in [1.82, 2.24) is 4.90 Å². The summed E-state index contributed by atoms with van der Waals surface area (Å²) >= 11 is 0. The van der Waals surface area contributed by atoms with Crippen molar-refractivity contribution in [1.29, 1.82) is 0 Å². The Balaban J connectivity index is 1.82. The summed E-state index contributed by atoms with van der Waals surface area (Å²) in [5.41, 5.74) is 5.86. The maximum absolute atomic E-state index is 5.86. The lowest BCUT2D eigenvalue weighted by atomic mass is 10.0. The van der Waals surface area contributed by atoms with Crippen LogP contribution in [0.4, 0.5) is 0 Å². The van der Waals surface area contributed by atoms with E-state index in [0.717, 1.165) is 19.8 Å². The fraction of sp³-hybridized carbons (Fsp3) is 1.00. The SMILES string of the molecule is N[C@H]1CCCN(C2COC2)C1. The van der Waals surface area contributed by atoms with E-state index in [1.165, 1.54) is 19.4 Å². The van der Waals surface area contributed by atoms with Gasteiger partial charge >= 0.3 is 0 Å². The zero-order valence-corrected chi connectivity index (χ0v) is 6.83. The molecular formula is C8H16N2O. The average molecular weight is 156 g/mol. The van der Waals surface area contributed by atoms with Gasteiger partial charge in [0.2, 0.25) is 0 Å². The molecule has 2 aliphatic heterocycles. The van der Waals surface area contributed by atoms with E-state index in [4.69, 9.17) is 10.5 Å². The minimum absolute atomic E-state index is 0.407. The van der Waals surface area contributed by atoms with Crippen molar-refractivity contribution in [2.45, 2.75) is 24.9 Å². The third-order valence-corrected chi connectivity index (χ3v) is 2.63. The predicted molar refractivity (Wildman–Crippen MR) is 43.4 cm³/mol. The van der Waals surface area contributed by atoms with Gasteiger partial charge in [-0.1, -0.05) is 0 Å². The van der Waals surface area contributed by atoms with E-state index in [1.54, 1.807) is 0 Å². The number of piperidine rings is 1. The summed E-state index contributed by atoms with van der Waals surface area (Å²) in [6.07, 6.45) is 2.46. The van der Waals surface area contributed by atoms with E-state index in [1.807, 2.05) is 0 Å². The third kappa shape index (κ3) is 1.55. The van der Waals surface area contributed by atoms with E-state index < -0.39 is 0 Å². The lowest BCUT2D eigenvalue weighted by Gasteiger charge is -2.41. The molecule has 0 bridgehead atoms. The molecule has 0 spiro atoms. The molecule has 0 radical (unpaired) electrons. The highest BCUT2D eigenvalue weighted by atomic mass is 16.5. The number of ether oxygens (including phenoxy) is 1. The molecule has 2 saturated heterocycles. The van der Waals surface area contributed by atoms with Crippen molar-refractivity contribution in [3.63, 3.8) is 0 Å². The molecule has 1 atom stereocenters. The molecular weight excluding hydrogens is 140 g/mol. The van der Waals surface area contributed by atoms with E-state index >= 15 is 0 Å². The van der Waals surface area contributed by atoms with Crippen molar-refractivity contribution in [2.24, 2.45) is 5.73 Å². The molecule has 2 fully saturated rings. The summed E-state index contributed by atoms with van der Waals surface area (Å²) in [5.74, 6) is 0. The Bertz CT molecular complexity index is 136. The first-order chi connectivity index (χ1) is 5.36. The smallest absolute Gasteiger partial charge is 0.0645 e. The van der Waals surface area contributed by atoms with Crippen molar-refractivity contribution < 1.29 is 4.74 Å². The first-order valence-corrected chi connectivity index (χ1v) is 4.43. The Kier molecular flexibility index (Phi) is 2.11. The van der Waals surface area contributed by atoms with E-state index in [2.05, 4.69) is 4.90 Å². The molecule has 0 aliphatic carbocycles. The van der Waals surface area contributed by atoms with Crippen molar-refractivity contribution in [2.75, 3.05) is 26.3 Å². The molecule has 0 aromatic heterocycles. The fourth-order valence-corrected chi connectivity index (χ4v) is 1.81. The maximum atomic E-state index is 5.86. The third-order valence-electron chi connectivity index (χ3n) is 2.63. The Morgan fingerprint density at radius 2 is 2.18 bits per heavy atom. The van der Waals surface area contributed by atoms with Gasteiger partial charge in [0.15, 0.2) is 0 Å². The maximum Gasteiger partial charge on any atom is 0.0645 e. The summed E-state index contributed by atoms with van der Waals surface area (Å²) in [7, 11) is 0. The summed E-state index contributed by atoms with van der Waals surface area (Å²) in [5, 5.41) is 0. The van der Waals surface area contributed by atoms with Crippen LogP contribution < -0.4 is 5.73 Å². The van der Waals surface area contributed by atoms with Crippen LogP contribution in [0, 0.1) is 0 Å². The van der Waals surface area contributed by atoms with Gasteiger partial charge < -0.3 is 10.5 Å². The first-order valence-electron chi connectivity index (χ1n) is 4.43. The summed E-state index contributed by atoms with van der Waals surface area (Å²) in [6, 6.07) is 1.09. The molecule has 2 N–H and O–H groups in total. The van der Waals surface area contributed by atoms with Gasteiger partial charge in [-0.25, -0.2) is 0 Å². The van der Waals surface area contributed by atoms with Gasteiger partial charge in [0.1, 0.15) is 0 Å². The van der Waals surface area contributed by atoms with Crippen molar-refractivity contribution in [3.8, 4) is 0 Å². The van der Waals surface area contributed by atoms with E-state index in [-0.39, 0.29) is 0 Å². The van der Waals surface area contributed by atoms with Crippen LogP contribution in [0.3, 0.4) is 0 Å². The standard InChI is InChI=1S/C8H16N2O/c9-7-2-1-3-10(4-7)8-5-11-6-8/h7-8H,1-6,9H2/t7-/m0/s1. The lowest BCUT2D eigenvalue weighted by molar-refractivity contribution is -0.0717. The monoisotopic (exact) mass is 156 g/mol. The normalized spacial score (nSPS) is 35.2. The molecule has 2 aliphatic rings. The van der Waals surface area contributed by atoms with Crippen LogP contribution in [0.25, 0.3) is 0 Å². The van der Waals surface area contributed by atoms with Gasteiger partial charge in [0.05, 0.1) is 19.3 Å². The number of hydrogen-bond acceptors (Lipinski definition) is 3. The van der Waals surface area contributed by atoms with Crippen molar-refractivity contribution >= 4 is 0 Å². The zero-order chi connectivity index (χ0) is 7.68. The van der Waals surface area contributed by atoms with Crippen LogP contribution >= 0.6 is 0 Å². The number of hydrogen-bond donors (Lipinski definition) is 1. The summed E-state index contributed by atoms with van der Waals surface area (Å²) < 4.78 is 5.14. The van der Waals surface area contributed by atoms with Gasteiger partial charge in [0.25, 0.3) is 0 Å². The minimum atomic E-state index is 0.407. The minimum Gasteiger partial charge on any atom is -0.378 e. The van der Waals surface area contributed by atoms with Gasteiger partial charge in [0, 0.05) is 12.6 Å². The molecule has 0 aromatic rings. The molecule has 2 heterocycles. The Hall–Kier alpha value is -0.120. The second-order valence-electron chi connectivity index (χ2n) is 3.59. The van der Waals surface area contributed by atoms with Crippen LogP contribution in [0.2, 0.25) is 0 Å². The second kappa shape index (κ2) is 3.09. The zero-order valence-electron chi connectivity index (χ0n) is 6.83. The molecule has 0 unspecified atom stereocenters. The molecule has 11 heavy (non-hydrogen) atoms. The molecule has 0 saturated carbocycles. The highest BCUT2D eigenvalue weighted by Gasteiger charge is 2.28. The molecule has 0 amide bonds. The van der Waals surface area contributed by atoms with Crippen LogP contribution in [0.1, 0.15) is 12.8 Å². The fourth-order valence-electron chi connectivity index (χ4n) is 1.81. The number of nitrogens with zero attached hydrogens (tertiary/aromatic N) is 1. The number of nitrogens with two attached hydrogens (primary N) is 1.